The van der Waals surface area contributed by atoms with Crippen LogP contribution in [0.3, 0.4) is 0 Å². The average molecular weight is 238 g/mol. The number of rotatable bonds is 3. The lowest BCUT2D eigenvalue weighted by Gasteiger charge is -2.01. The van der Waals surface area contributed by atoms with Crippen LogP contribution in [0, 0.1) is 11.6 Å². The Bertz CT molecular complexity index is 506. The van der Waals surface area contributed by atoms with Gasteiger partial charge in [-0.2, -0.15) is 0 Å². The summed E-state index contributed by atoms with van der Waals surface area (Å²) in [6.07, 6.45) is 0.109. The van der Waals surface area contributed by atoms with Crippen molar-refractivity contribution >= 4 is 17.1 Å². The van der Waals surface area contributed by atoms with Gasteiger partial charge in [0.1, 0.15) is 11.6 Å². The number of Topliss-reactive ketones (excluding diaryl/α,β-unsaturated/α-hetero) is 1. The van der Waals surface area contributed by atoms with Gasteiger partial charge in [-0.05, 0) is 29.6 Å². The van der Waals surface area contributed by atoms with Crippen LogP contribution in [0.15, 0.2) is 35.7 Å². The largest absolute Gasteiger partial charge is 0.294 e. The fourth-order valence-corrected chi connectivity index (χ4v) is 2.08. The van der Waals surface area contributed by atoms with E-state index in [2.05, 4.69) is 0 Å². The zero-order valence-corrected chi connectivity index (χ0v) is 9.06. The highest BCUT2D eigenvalue weighted by Gasteiger charge is 2.13. The summed E-state index contributed by atoms with van der Waals surface area (Å²) in [5, 5.41) is 1.84. The lowest BCUT2D eigenvalue weighted by atomic mass is 10.1. The monoisotopic (exact) mass is 238 g/mol. The Morgan fingerprint density at radius 3 is 2.75 bits per heavy atom. The van der Waals surface area contributed by atoms with Crippen LogP contribution < -0.4 is 0 Å². The third-order valence-electron chi connectivity index (χ3n) is 2.14. The Balaban J connectivity index is 2.24. The van der Waals surface area contributed by atoms with Crippen molar-refractivity contribution in [3.8, 4) is 0 Å². The summed E-state index contributed by atoms with van der Waals surface area (Å²) in [5.74, 6) is -1.68. The van der Waals surface area contributed by atoms with E-state index in [1.165, 1.54) is 11.3 Å². The second-order valence-electron chi connectivity index (χ2n) is 3.30. The second-order valence-corrected chi connectivity index (χ2v) is 4.34. The Kier molecular flexibility index (Phi) is 3.10. The van der Waals surface area contributed by atoms with Crippen LogP contribution in [-0.2, 0) is 6.42 Å². The lowest BCUT2D eigenvalue weighted by Crippen LogP contribution is -2.05. The quantitative estimate of drug-likeness (QED) is 0.748. The number of thiophene rings is 1. The Morgan fingerprint density at radius 2 is 2.06 bits per heavy atom. The van der Waals surface area contributed by atoms with Crippen molar-refractivity contribution in [1.82, 2.24) is 0 Å². The molecule has 0 saturated heterocycles. The maximum Gasteiger partial charge on any atom is 0.171 e. The van der Waals surface area contributed by atoms with Gasteiger partial charge in [-0.25, -0.2) is 8.78 Å². The molecular formula is C12H8F2OS. The summed E-state index contributed by atoms with van der Waals surface area (Å²) in [6, 6.07) is 6.51. The molecule has 0 aliphatic heterocycles. The summed E-state index contributed by atoms with van der Waals surface area (Å²) in [7, 11) is 0. The number of carbonyl (C=O) groups excluding carboxylic acids is 1. The second kappa shape index (κ2) is 4.53. The van der Waals surface area contributed by atoms with Crippen molar-refractivity contribution in [2.45, 2.75) is 6.42 Å². The minimum atomic E-state index is -0.678. The van der Waals surface area contributed by atoms with E-state index in [1.54, 1.807) is 6.07 Å². The first-order chi connectivity index (χ1) is 7.66. The maximum absolute atomic E-state index is 13.3. The fraction of sp³-hybridized carbons (Fsp3) is 0.0833. The lowest BCUT2D eigenvalue weighted by molar-refractivity contribution is 0.0989. The topological polar surface area (TPSA) is 17.1 Å². The molecule has 0 radical (unpaired) electrons. The number of hydrogen-bond acceptors (Lipinski definition) is 2. The molecule has 0 N–H and O–H groups in total. The van der Waals surface area contributed by atoms with Gasteiger partial charge in [0, 0.05) is 11.3 Å². The highest BCUT2D eigenvalue weighted by atomic mass is 32.1. The van der Waals surface area contributed by atoms with E-state index in [1.807, 2.05) is 11.4 Å². The van der Waals surface area contributed by atoms with E-state index in [9.17, 15) is 13.6 Å². The van der Waals surface area contributed by atoms with E-state index >= 15 is 0 Å². The summed E-state index contributed by atoms with van der Waals surface area (Å²) in [5.41, 5.74) is -0.187. The van der Waals surface area contributed by atoms with Crippen LogP contribution >= 0.6 is 11.3 Å². The van der Waals surface area contributed by atoms with Gasteiger partial charge < -0.3 is 0 Å². The predicted molar refractivity (Wildman–Crippen MR) is 58.7 cm³/mol. The smallest absolute Gasteiger partial charge is 0.171 e. The van der Waals surface area contributed by atoms with Gasteiger partial charge >= 0.3 is 0 Å². The molecule has 0 unspecified atom stereocenters. The van der Waals surface area contributed by atoms with Crippen molar-refractivity contribution in [3.63, 3.8) is 0 Å². The highest BCUT2D eigenvalue weighted by molar-refractivity contribution is 7.10. The molecule has 0 atom stereocenters. The van der Waals surface area contributed by atoms with Gasteiger partial charge in [0.2, 0.25) is 0 Å². The van der Waals surface area contributed by atoms with E-state index in [0.29, 0.717) is 0 Å². The van der Waals surface area contributed by atoms with Crippen LogP contribution in [0.1, 0.15) is 15.2 Å². The van der Waals surface area contributed by atoms with Crippen molar-refractivity contribution < 1.29 is 13.6 Å². The molecule has 0 aliphatic carbocycles. The van der Waals surface area contributed by atoms with Crippen LogP contribution in [0.25, 0.3) is 0 Å². The first kappa shape index (κ1) is 11.0. The SMILES string of the molecule is O=C(Cc1cccs1)c1cc(F)ccc1F. The molecule has 82 valence electrons. The number of carbonyl (C=O) groups is 1. The maximum atomic E-state index is 13.3. The van der Waals surface area contributed by atoms with E-state index in [4.69, 9.17) is 0 Å². The first-order valence-electron chi connectivity index (χ1n) is 4.67. The van der Waals surface area contributed by atoms with E-state index in [-0.39, 0.29) is 12.0 Å². The molecule has 0 amide bonds. The minimum absolute atomic E-state index is 0.109. The summed E-state index contributed by atoms with van der Waals surface area (Å²) >= 11 is 1.42. The van der Waals surface area contributed by atoms with Crippen LogP contribution in [0.2, 0.25) is 0 Å². The van der Waals surface area contributed by atoms with Gasteiger partial charge in [-0.15, -0.1) is 11.3 Å². The Labute approximate surface area is 95.4 Å². The van der Waals surface area contributed by atoms with Crippen molar-refractivity contribution in [1.29, 1.82) is 0 Å². The number of ketones is 1. The van der Waals surface area contributed by atoms with Crippen LogP contribution in [-0.4, -0.2) is 5.78 Å². The Hall–Kier alpha value is -1.55. The van der Waals surface area contributed by atoms with Crippen molar-refractivity contribution in [2.24, 2.45) is 0 Å². The molecule has 16 heavy (non-hydrogen) atoms. The molecule has 0 spiro atoms. The van der Waals surface area contributed by atoms with Crippen LogP contribution in [0.5, 0.6) is 0 Å². The van der Waals surface area contributed by atoms with Crippen LogP contribution in [0.4, 0.5) is 8.78 Å². The summed E-state index contributed by atoms with van der Waals surface area (Å²) in [4.78, 5) is 12.5. The van der Waals surface area contributed by atoms with Gasteiger partial charge in [-0.3, -0.25) is 4.79 Å². The predicted octanol–water partition coefficient (Wildman–Crippen LogP) is 3.45. The summed E-state index contributed by atoms with van der Waals surface area (Å²) < 4.78 is 26.1. The molecular weight excluding hydrogens is 230 g/mol. The standard InChI is InChI=1S/C12H8F2OS/c13-8-3-4-11(14)10(6-8)12(15)7-9-2-1-5-16-9/h1-6H,7H2. The van der Waals surface area contributed by atoms with Gasteiger partial charge in [0.05, 0.1) is 5.56 Å². The van der Waals surface area contributed by atoms with E-state index < -0.39 is 17.4 Å². The molecule has 0 bridgehead atoms. The summed E-state index contributed by atoms with van der Waals surface area (Å²) in [6.45, 7) is 0. The van der Waals surface area contributed by atoms with Gasteiger partial charge in [0.25, 0.3) is 0 Å². The molecule has 0 saturated carbocycles. The molecule has 4 heteroatoms. The molecule has 1 aromatic carbocycles. The molecule has 1 aromatic heterocycles. The zero-order valence-electron chi connectivity index (χ0n) is 8.24. The number of hydrogen-bond donors (Lipinski definition) is 0. The first-order valence-corrected chi connectivity index (χ1v) is 5.55. The van der Waals surface area contributed by atoms with E-state index in [0.717, 1.165) is 23.1 Å². The molecule has 0 aliphatic rings. The third-order valence-corrected chi connectivity index (χ3v) is 3.02. The molecule has 1 nitrogen and oxygen atoms in total. The normalized spacial score (nSPS) is 10.4. The molecule has 2 rings (SSSR count). The number of halogens is 2. The average Bonchev–Trinajstić information content (AvgIpc) is 2.74. The Morgan fingerprint density at radius 1 is 1.25 bits per heavy atom. The third kappa shape index (κ3) is 2.33. The van der Waals surface area contributed by atoms with Gasteiger partial charge in [0.15, 0.2) is 5.78 Å². The highest BCUT2D eigenvalue weighted by Crippen LogP contribution is 2.15. The molecule has 0 fully saturated rings. The molecule has 2 aromatic rings. The number of benzene rings is 1. The zero-order chi connectivity index (χ0) is 11.5. The van der Waals surface area contributed by atoms with Crippen molar-refractivity contribution in [2.75, 3.05) is 0 Å². The minimum Gasteiger partial charge on any atom is -0.294 e. The molecule has 1 heterocycles. The fourth-order valence-electron chi connectivity index (χ4n) is 1.38. The van der Waals surface area contributed by atoms with Crippen molar-refractivity contribution in [3.05, 3.63) is 57.8 Å². The van der Waals surface area contributed by atoms with Gasteiger partial charge in [-0.1, -0.05) is 6.07 Å².